The average molecular weight is 439 g/mol. The number of aliphatic hydroxyl groups excluding tert-OH is 2. The third-order valence-electron chi connectivity index (χ3n) is 5.60. The minimum atomic E-state index is -1.05. The molecule has 1 fully saturated rings. The molecule has 2 aliphatic heterocycles. The molecule has 2 heterocycles. The van der Waals surface area contributed by atoms with E-state index in [4.69, 9.17) is 9.57 Å². The second kappa shape index (κ2) is 8.97. The Bertz CT molecular complexity index is 1020. The molecule has 0 unspecified atom stereocenters. The molecule has 3 N–H and O–H groups in total. The van der Waals surface area contributed by atoms with Gasteiger partial charge in [-0.15, -0.1) is 0 Å². The smallest absolute Gasteiger partial charge is 0.414 e. The molecule has 4 rings (SSSR count). The summed E-state index contributed by atoms with van der Waals surface area (Å²) in [5.41, 5.74) is 3.18. The lowest BCUT2D eigenvalue weighted by Gasteiger charge is -2.20. The number of carbonyl (C=O) groups is 2. The number of aliphatic hydroxyl groups is 2. The third kappa shape index (κ3) is 4.44. The van der Waals surface area contributed by atoms with Gasteiger partial charge in [0.05, 0.1) is 32.0 Å². The lowest BCUT2D eigenvalue weighted by atomic mass is 9.94. The zero-order valence-electron chi connectivity index (χ0n) is 17.7. The zero-order chi connectivity index (χ0) is 22.7. The van der Waals surface area contributed by atoms with E-state index in [0.717, 1.165) is 22.4 Å². The predicted octanol–water partition coefficient (Wildman–Crippen LogP) is 1.66. The van der Waals surface area contributed by atoms with E-state index < -0.39 is 11.7 Å². The standard InChI is InChI=1S/C23H25N3O6/c1-15(29)24-11-20-12-26(22(30)31-20)19-8-6-17(7-9-19)16-2-4-18(5-3-16)21-10-23(13-27,14-28)32-25-21/h2-9,20,27-28H,10-14H2,1H3,(H,24,29)/t20-/m0/s1. The van der Waals surface area contributed by atoms with E-state index in [1.807, 2.05) is 48.5 Å². The van der Waals surface area contributed by atoms with E-state index in [1.54, 1.807) is 4.90 Å². The molecule has 2 amide bonds. The Balaban J connectivity index is 1.41. The number of cyclic esters (lactones) is 1. The van der Waals surface area contributed by atoms with Crippen molar-refractivity contribution in [1.29, 1.82) is 0 Å². The number of rotatable bonds is 7. The molecule has 9 nitrogen and oxygen atoms in total. The van der Waals surface area contributed by atoms with Crippen molar-refractivity contribution in [2.45, 2.75) is 25.0 Å². The number of hydrogen-bond acceptors (Lipinski definition) is 7. The van der Waals surface area contributed by atoms with E-state index >= 15 is 0 Å². The van der Waals surface area contributed by atoms with Crippen molar-refractivity contribution in [2.24, 2.45) is 5.16 Å². The highest BCUT2D eigenvalue weighted by Gasteiger charge is 2.38. The maximum absolute atomic E-state index is 12.2. The van der Waals surface area contributed by atoms with Crippen LogP contribution in [0.1, 0.15) is 18.9 Å². The first-order valence-electron chi connectivity index (χ1n) is 10.3. The molecular weight excluding hydrogens is 414 g/mol. The number of amides is 2. The lowest BCUT2D eigenvalue weighted by Crippen LogP contribution is -2.37. The minimum Gasteiger partial charge on any atom is -0.442 e. The number of nitrogens with zero attached hydrogens (tertiary/aromatic N) is 2. The lowest BCUT2D eigenvalue weighted by molar-refractivity contribution is -0.119. The van der Waals surface area contributed by atoms with Crippen molar-refractivity contribution >= 4 is 23.4 Å². The first kappa shape index (κ1) is 21.8. The van der Waals surface area contributed by atoms with E-state index in [2.05, 4.69) is 10.5 Å². The maximum Gasteiger partial charge on any atom is 0.414 e. The van der Waals surface area contributed by atoms with E-state index in [9.17, 15) is 19.8 Å². The monoisotopic (exact) mass is 439 g/mol. The SMILES string of the molecule is CC(=O)NC[C@H]1CN(c2ccc(-c3ccc(C4=NOC(CO)(CO)C4)cc3)cc2)C(=O)O1. The van der Waals surface area contributed by atoms with Crippen LogP contribution in [0.4, 0.5) is 10.5 Å². The molecular formula is C23H25N3O6. The predicted molar refractivity (Wildman–Crippen MR) is 117 cm³/mol. The Hall–Kier alpha value is -3.43. The quantitative estimate of drug-likeness (QED) is 0.604. The van der Waals surface area contributed by atoms with Crippen molar-refractivity contribution in [2.75, 3.05) is 31.2 Å². The average Bonchev–Trinajstić information content (AvgIpc) is 3.42. The number of oxime groups is 1. The van der Waals surface area contributed by atoms with Crippen LogP contribution < -0.4 is 10.2 Å². The molecule has 2 aromatic carbocycles. The summed E-state index contributed by atoms with van der Waals surface area (Å²) in [5, 5.41) is 25.6. The highest BCUT2D eigenvalue weighted by Crippen LogP contribution is 2.29. The molecule has 2 aliphatic rings. The molecule has 0 aromatic heterocycles. The summed E-state index contributed by atoms with van der Waals surface area (Å²) in [4.78, 5) is 30.0. The summed E-state index contributed by atoms with van der Waals surface area (Å²) in [7, 11) is 0. The Kier molecular flexibility index (Phi) is 6.11. The minimum absolute atomic E-state index is 0.163. The van der Waals surface area contributed by atoms with Crippen molar-refractivity contribution in [3.05, 3.63) is 54.1 Å². The molecule has 9 heteroatoms. The number of ether oxygens (including phenoxy) is 1. The zero-order valence-corrected chi connectivity index (χ0v) is 17.7. The number of nitrogens with one attached hydrogen (secondary N) is 1. The molecule has 1 saturated heterocycles. The van der Waals surface area contributed by atoms with E-state index in [-0.39, 0.29) is 31.8 Å². The van der Waals surface area contributed by atoms with Crippen LogP contribution in [0.25, 0.3) is 11.1 Å². The first-order valence-corrected chi connectivity index (χ1v) is 10.3. The van der Waals surface area contributed by atoms with Gasteiger partial charge in [0.25, 0.3) is 0 Å². The fourth-order valence-corrected chi connectivity index (χ4v) is 3.68. The first-order chi connectivity index (χ1) is 15.4. The highest BCUT2D eigenvalue weighted by atomic mass is 16.7. The number of benzene rings is 2. The van der Waals surface area contributed by atoms with E-state index in [0.29, 0.717) is 18.7 Å². The van der Waals surface area contributed by atoms with Crippen LogP contribution in [0.3, 0.4) is 0 Å². The molecule has 168 valence electrons. The van der Waals surface area contributed by atoms with Crippen LogP contribution in [0.2, 0.25) is 0 Å². The maximum atomic E-state index is 12.2. The van der Waals surface area contributed by atoms with Gasteiger partial charge in [0.2, 0.25) is 5.91 Å². The summed E-state index contributed by atoms with van der Waals surface area (Å²) in [6.07, 6.45) is -0.474. The van der Waals surface area contributed by atoms with Crippen LogP contribution in [0.15, 0.2) is 53.7 Å². The van der Waals surface area contributed by atoms with Gasteiger partial charge >= 0.3 is 6.09 Å². The van der Waals surface area contributed by atoms with E-state index in [1.165, 1.54) is 6.92 Å². The molecule has 32 heavy (non-hydrogen) atoms. The van der Waals surface area contributed by atoms with Crippen molar-refractivity contribution in [3.63, 3.8) is 0 Å². The van der Waals surface area contributed by atoms with Crippen LogP contribution >= 0.6 is 0 Å². The highest BCUT2D eigenvalue weighted by molar-refractivity contribution is 6.02. The van der Waals surface area contributed by atoms with Crippen molar-refractivity contribution in [3.8, 4) is 11.1 Å². The molecule has 1 atom stereocenters. The van der Waals surface area contributed by atoms with Gasteiger partial charge in [-0.2, -0.15) is 0 Å². The molecule has 0 bridgehead atoms. The Morgan fingerprint density at radius 2 is 1.69 bits per heavy atom. The molecule has 2 aromatic rings. The van der Waals surface area contributed by atoms with Crippen LogP contribution in [-0.4, -0.2) is 65.9 Å². The van der Waals surface area contributed by atoms with Gasteiger partial charge < -0.3 is 25.1 Å². The van der Waals surface area contributed by atoms with Gasteiger partial charge in [-0.1, -0.05) is 41.6 Å². The second-order valence-corrected chi connectivity index (χ2v) is 7.98. The van der Waals surface area contributed by atoms with Gasteiger partial charge in [-0.3, -0.25) is 9.69 Å². The molecule has 0 radical (unpaired) electrons. The van der Waals surface area contributed by atoms with Crippen LogP contribution in [0.5, 0.6) is 0 Å². The molecule has 0 spiro atoms. The summed E-state index contributed by atoms with van der Waals surface area (Å²) in [5.74, 6) is -0.163. The molecule has 0 aliphatic carbocycles. The summed E-state index contributed by atoms with van der Waals surface area (Å²) in [6.45, 7) is 1.47. The largest absolute Gasteiger partial charge is 0.442 e. The number of hydrogen-bond donors (Lipinski definition) is 3. The fourth-order valence-electron chi connectivity index (χ4n) is 3.68. The normalized spacial score (nSPS) is 19.3. The number of carbonyl (C=O) groups excluding carboxylic acids is 2. The number of anilines is 1. The van der Waals surface area contributed by atoms with Crippen molar-refractivity contribution in [1.82, 2.24) is 5.32 Å². The Labute approximate surface area is 185 Å². The van der Waals surface area contributed by atoms with Crippen LogP contribution in [0, 0.1) is 0 Å². The van der Waals surface area contributed by atoms with Gasteiger partial charge in [0.1, 0.15) is 6.10 Å². The Morgan fingerprint density at radius 1 is 1.09 bits per heavy atom. The van der Waals surface area contributed by atoms with Crippen molar-refractivity contribution < 1.29 is 29.4 Å². The summed E-state index contributed by atoms with van der Waals surface area (Å²) >= 11 is 0. The third-order valence-corrected chi connectivity index (χ3v) is 5.60. The van der Waals surface area contributed by atoms with Gasteiger partial charge in [-0.05, 0) is 28.8 Å². The van der Waals surface area contributed by atoms with Gasteiger partial charge in [0, 0.05) is 19.0 Å². The van der Waals surface area contributed by atoms with Gasteiger partial charge in [0.15, 0.2) is 5.60 Å². The summed E-state index contributed by atoms with van der Waals surface area (Å²) < 4.78 is 5.31. The second-order valence-electron chi connectivity index (χ2n) is 7.98. The fraction of sp³-hybridized carbons (Fsp3) is 0.348. The Morgan fingerprint density at radius 3 is 2.25 bits per heavy atom. The van der Waals surface area contributed by atoms with Crippen LogP contribution in [-0.2, 0) is 14.4 Å². The topological polar surface area (TPSA) is 121 Å². The van der Waals surface area contributed by atoms with Gasteiger partial charge in [-0.25, -0.2) is 4.79 Å². The summed E-state index contributed by atoms with van der Waals surface area (Å²) in [6, 6.07) is 15.3. The molecule has 0 saturated carbocycles.